The number of carbonyl (C=O) groups excluding carboxylic acids is 1. The fraction of sp³-hybridized carbons (Fsp3) is 0.417. The van der Waals surface area contributed by atoms with E-state index < -0.39 is 0 Å². The van der Waals surface area contributed by atoms with Crippen molar-refractivity contribution in [1.29, 1.82) is 0 Å². The predicted octanol–water partition coefficient (Wildman–Crippen LogP) is 5.13. The number of benzene rings is 1. The van der Waals surface area contributed by atoms with Gasteiger partial charge in [0, 0.05) is 22.3 Å². The maximum atomic E-state index is 11.8. The number of rotatable bonds is 6. The predicted molar refractivity (Wildman–Crippen MR) is 73.1 cm³/mol. The molecular formula is C12H13BrCl2O. The van der Waals surface area contributed by atoms with Crippen LogP contribution in [0.15, 0.2) is 18.2 Å². The van der Waals surface area contributed by atoms with Crippen LogP contribution in [0.25, 0.3) is 0 Å². The van der Waals surface area contributed by atoms with Crippen LogP contribution in [0.2, 0.25) is 10.0 Å². The van der Waals surface area contributed by atoms with Gasteiger partial charge in [-0.25, -0.2) is 0 Å². The van der Waals surface area contributed by atoms with Crippen LogP contribution in [-0.2, 0) is 0 Å². The Balaban J connectivity index is 2.55. The van der Waals surface area contributed by atoms with E-state index >= 15 is 0 Å². The minimum Gasteiger partial charge on any atom is -0.294 e. The summed E-state index contributed by atoms with van der Waals surface area (Å²) in [5, 5.41) is 2.02. The van der Waals surface area contributed by atoms with E-state index in [1.807, 2.05) is 0 Å². The Morgan fingerprint density at radius 1 is 1.19 bits per heavy atom. The first kappa shape index (κ1) is 14.0. The number of hydrogen-bond donors (Lipinski definition) is 0. The van der Waals surface area contributed by atoms with Gasteiger partial charge in [0.25, 0.3) is 0 Å². The maximum absolute atomic E-state index is 11.8. The van der Waals surface area contributed by atoms with Gasteiger partial charge in [-0.15, -0.1) is 0 Å². The molecule has 0 bridgehead atoms. The molecule has 0 aliphatic rings. The molecule has 0 amide bonds. The Kier molecular flexibility index (Phi) is 6.40. The van der Waals surface area contributed by atoms with E-state index in [1.54, 1.807) is 18.2 Å². The number of ketones is 1. The SMILES string of the molecule is O=C(CCCCCBr)c1cc(Cl)ccc1Cl. The Morgan fingerprint density at radius 3 is 2.62 bits per heavy atom. The molecule has 0 unspecified atom stereocenters. The molecule has 88 valence electrons. The number of carbonyl (C=O) groups is 1. The highest BCUT2D eigenvalue weighted by atomic mass is 79.9. The lowest BCUT2D eigenvalue weighted by molar-refractivity contribution is 0.0979. The third kappa shape index (κ3) is 4.44. The van der Waals surface area contributed by atoms with Crippen LogP contribution in [0.5, 0.6) is 0 Å². The lowest BCUT2D eigenvalue weighted by atomic mass is 10.0. The maximum Gasteiger partial charge on any atom is 0.164 e. The molecule has 4 heteroatoms. The van der Waals surface area contributed by atoms with Gasteiger partial charge in [0.15, 0.2) is 5.78 Å². The molecule has 1 rings (SSSR count). The highest BCUT2D eigenvalue weighted by Gasteiger charge is 2.10. The molecule has 0 aliphatic heterocycles. The van der Waals surface area contributed by atoms with Crippen molar-refractivity contribution in [3.8, 4) is 0 Å². The quantitative estimate of drug-likeness (QED) is 0.403. The van der Waals surface area contributed by atoms with Crippen molar-refractivity contribution >= 4 is 44.9 Å². The van der Waals surface area contributed by atoms with Gasteiger partial charge in [0.1, 0.15) is 0 Å². The van der Waals surface area contributed by atoms with E-state index in [4.69, 9.17) is 23.2 Å². The molecule has 0 aliphatic carbocycles. The molecular weight excluding hydrogens is 311 g/mol. The van der Waals surface area contributed by atoms with E-state index in [0.717, 1.165) is 24.6 Å². The summed E-state index contributed by atoms with van der Waals surface area (Å²) in [5.41, 5.74) is 0.535. The van der Waals surface area contributed by atoms with Crippen LogP contribution in [-0.4, -0.2) is 11.1 Å². The van der Waals surface area contributed by atoms with E-state index in [-0.39, 0.29) is 5.78 Å². The van der Waals surface area contributed by atoms with E-state index in [2.05, 4.69) is 15.9 Å². The molecule has 0 radical (unpaired) electrons. The van der Waals surface area contributed by atoms with Crippen LogP contribution >= 0.6 is 39.1 Å². The smallest absolute Gasteiger partial charge is 0.164 e. The van der Waals surface area contributed by atoms with Gasteiger partial charge in [-0.05, 0) is 31.0 Å². The van der Waals surface area contributed by atoms with Crippen molar-refractivity contribution in [2.75, 3.05) is 5.33 Å². The van der Waals surface area contributed by atoms with Crippen molar-refractivity contribution in [2.24, 2.45) is 0 Å². The highest BCUT2D eigenvalue weighted by molar-refractivity contribution is 9.09. The number of Topliss-reactive ketones (excluding diaryl/α,β-unsaturated/α-hetero) is 1. The first-order chi connectivity index (χ1) is 7.65. The number of unbranched alkanes of at least 4 members (excludes halogenated alkanes) is 2. The van der Waals surface area contributed by atoms with Crippen molar-refractivity contribution in [1.82, 2.24) is 0 Å². The summed E-state index contributed by atoms with van der Waals surface area (Å²) in [5.74, 6) is 0.0714. The number of halogens is 3. The van der Waals surface area contributed by atoms with Gasteiger partial charge in [-0.2, -0.15) is 0 Å². The second-order valence-corrected chi connectivity index (χ2v) is 5.18. The van der Waals surface area contributed by atoms with Gasteiger partial charge in [0.05, 0.1) is 5.02 Å². The first-order valence-corrected chi connectivity index (χ1v) is 7.07. The normalized spacial score (nSPS) is 10.4. The third-order valence-electron chi connectivity index (χ3n) is 2.27. The number of alkyl halides is 1. The summed E-state index contributed by atoms with van der Waals surface area (Å²) < 4.78 is 0. The van der Waals surface area contributed by atoms with Crippen LogP contribution in [0, 0.1) is 0 Å². The first-order valence-electron chi connectivity index (χ1n) is 5.19. The molecule has 0 aromatic heterocycles. The second-order valence-electron chi connectivity index (χ2n) is 3.55. The zero-order chi connectivity index (χ0) is 12.0. The van der Waals surface area contributed by atoms with Crippen LogP contribution in [0.3, 0.4) is 0 Å². The van der Waals surface area contributed by atoms with Gasteiger partial charge >= 0.3 is 0 Å². The molecule has 0 spiro atoms. The van der Waals surface area contributed by atoms with Crippen molar-refractivity contribution in [3.63, 3.8) is 0 Å². The van der Waals surface area contributed by atoms with Crippen molar-refractivity contribution < 1.29 is 4.79 Å². The van der Waals surface area contributed by atoms with E-state index in [0.29, 0.717) is 22.0 Å². The average molecular weight is 324 g/mol. The zero-order valence-electron chi connectivity index (χ0n) is 8.81. The molecule has 0 saturated carbocycles. The molecule has 0 atom stereocenters. The Morgan fingerprint density at radius 2 is 1.94 bits per heavy atom. The lowest BCUT2D eigenvalue weighted by Gasteiger charge is -2.03. The average Bonchev–Trinajstić information content (AvgIpc) is 2.27. The van der Waals surface area contributed by atoms with Gasteiger partial charge in [-0.1, -0.05) is 45.6 Å². The topological polar surface area (TPSA) is 17.1 Å². The molecule has 0 fully saturated rings. The highest BCUT2D eigenvalue weighted by Crippen LogP contribution is 2.22. The van der Waals surface area contributed by atoms with Gasteiger partial charge < -0.3 is 0 Å². The Hall–Kier alpha value is -0.0500. The van der Waals surface area contributed by atoms with Gasteiger partial charge in [-0.3, -0.25) is 4.79 Å². The summed E-state index contributed by atoms with van der Waals surface area (Å²) in [6.45, 7) is 0. The minimum atomic E-state index is 0.0714. The fourth-order valence-corrected chi connectivity index (χ4v) is 2.19. The summed E-state index contributed by atoms with van der Waals surface area (Å²) in [7, 11) is 0. The van der Waals surface area contributed by atoms with Crippen LogP contribution in [0.4, 0.5) is 0 Å². The zero-order valence-corrected chi connectivity index (χ0v) is 11.9. The molecule has 1 aromatic carbocycles. The van der Waals surface area contributed by atoms with Gasteiger partial charge in [0.2, 0.25) is 0 Å². The molecule has 16 heavy (non-hydrogen) atoms. The third-order valence-corrected chi connectivity index (χ3v) is 3.39. The minimum absolute atomic E-state index is 0.0714. The summed E-state index contributed by atoms with van der Waals surface area (Å²) in [4.78, 5) is 11.8. The fourth-order valence-electron chi connectivity index (χ4n) is 1.40. The lowest BCUT2D eigenvalue weighted by Crippen LogP contribution is -2.00. The summed E-state index contributed by atoms with van der Waals surface area (Å²) in [6, 6.07) is 4.98. The Labute approximate surface area is 114 Å². The van der Waals surface area contributed by atoms with Crippen molar-refractivity contribution in [2.45, 2.75) is 25.7 Å². The molecule has 0 N–H and O–H groups in total. The largest absolute Gasteiger partial charge is 0.294 e. The molecule has 1 nitrogen and oxygen atoms in total. The van der Waals surface area contributed by atoms with Crippen molar-refractivity contribution in [3.05, 3.63) is 33.8 Å². The Bertz CT molecular complexity index is 366. The molecule has 0 saturated heterocycles. The second kappa shape index (κ2) is 7.31. The monoisotopic (exact) mass is 322 g/mol. The van der Waals surface area contributed by atoms with E-state index in [9.17, 15) is 4.79 Å². The summed E-state index contributed by atoms with van der Waals surface area (Å²) in [6.07, 6.45) is 3.58. The molecule has 1 aromatic rings. The standard InChI is InChI=1S/C12H13BrCl2O/c13-7-3-1-2-4-12(16)10-8-9(14)5-6-11(10)15/h5-6,8H,1-4,7H2. The number of hydrogen-bond acceptors (Lipinski definition) is 1. The van der Waals surface area contributed by atoms with Crippen LogP contribution < -0.4 is 0 Å². The van der Waals surface area contributed by atoms with E-state index in [1.165, 1.54) is 0 Å². The summed E-state index contributed by atoms with van der Waals surface area (Å²) >= 11 is 15.1. The molecule has 0 heterocycles. The van der Waals surface area contributed by atoms with Crippen LogP contribution in [0.1, 0.15) is 36.0 Å².